The third-order valence-corrected chi connectivity index (χ3v) is 1.62. The number of rotatable bonds is 7. The van der Waals surface area contributed by atoms with Gasteiger partial charge in [-0.2, -0.15) is 0 Å². The number of hydrogen-bond acceptors (Lipinski definition) is 3. The van der Waals surface area contributed by atoms with Crippen molar-refractivity contribution in [3.63, 3.8) is 0 Å². The molecule has 0 saturated carbocycles. The maximum atomic E-state index is 11.3. The lowest BCUT2D eigenvalue weighted by Gasteiger charge is -2.06. The fourth-order valence-electron chi connectivity index (χ4n) is 0.793. The SMILES string of the molecule is C=C(C)COCC(=C)C(=O)OCC=C(C)C. The summed E-state index contributed by atoms with van der Waals surface area (Å²) in [6.45, 7) is 13.9. The van der Waals surface area contributed by atoms with Gasteiger partial charge in [0.25, 0.3) is 0 Å². The van der Waals surface area contributed by atoms with Crippen LogP contribution in [0.5, 0.6) is 0 Å². The summed E-state index contributed by atoms with van der Waals surface area (Å²) in [6.07, 6.45) is 1.83. The summed E-state index contributed by atoms with van der Waals surface area (Å²) in [6, 6.07) is 0. The number of carbonyl (C=O) groups excluding carboxylic acids is 1. The molecule has 0 heterocycles. The van der Waals surface area contributed by atoms with E-state index in [0.29, 0.717) is 12.2 Å². The molecule has 90 valence electrons. The molecule has 0 saturated heterocycles. The Balaban J connectivity index is 3.78. The molecule has 0 aliphatic heterocycles. The van der Waals surface area contributed by atoms with Gasteiger partial charge < -0.3 is 9.47 Å². The molecule has 0 atom stereocenters. The predicted molar refractivity (Wildman–Crippen MR) is 65.2 cm³/mol. The van der Waals surface area contributed by atoms with Crippen molar-refractivity contribution in [2.75, 3.05) is 19.8 Å². The van der Waals surface area contributed by atoms with Gasteiger partial charge in [0.1, 0.15) is 6.61 Å². The van der Waals surface area contributed by atoms with Crippen LogP contribution in [0.2, 0.25) is 0 Å². The minimum atomic E-state index is -0.417. The summed E-state index contributed by atoms with van der Waals surface area (Å²) >= 11 is 0. The van der Waals surface area contributed by atoms with Crippen molar-refractivity contribution in [1.82, 2.24) is 0 Å². The van der Waals surface area contributed by atoms with Crippen LogP contribution in [0.4, 0.5) is 0 Å². The van der Waals surface area contributed by atoms with Crippen LogP contribution < -0.4 is 0 Å². The summed E-state index contributed by atoms with van der Waals surface area (Å²) in [4.78, 5) is 11.3. The molecule has 16 heavy (non-hydrogen) atoms. The number of allylic oxidation sites excluding steroid dienone is 1. The highest BCUT2D eigenvalue weighted by Crippen LogP contribution is 1.99. The predicted octanol–water partition coefficient (Wildman–Crippen LogP) is 2.64. The highest BCUT2D eigenvalue weighted by Gasteiger charge is 2.07. The minimum Gasteiger partial charge on any atom is -0.458 e. The van der Waals surface area contributed by atoms with E-state index < -0.39 is 5.97 Å². The van der Waals surface area contributed by atoms with Gasteiger partial charge in [0.2, 0.25) is 0 Å². The van der Waals surface area contributed by atoms with Gasteiger partial charge in [-0.15, -0.1) is 0 Å². The van der Waals surface area contributed by atoms with E-state index in [4.69, 9.17) is 9.47 Å². The average Bonchev–Trinajstić information content (AvgIpc) is 2.16. The zero-order valence-electron chi connectivity index (χ0n) is 10.3. The fourth-order valence-corrected chi connectivity index (χ4v) is 0.793. The van der Waals surface area contributed by atoms with Gasteiger partial charge in [-0.25, -0.2) is 4.79 Å². The van der Waals surface area contributed by atoms with E-state index in [2.05, 4.69) is 13.2 Å². The Hall–Kier alpha value is -1.35. The van der Waals surface area contributed by atoms with Crippen LogP contribution in [0, 0.1) is 0 Å². The van der Waals surface area contributed by atoms with Gasteiger partial charge in [-0.1, -0.05) is 24.3 Å². The lowest BCUT2D eigenvalue weighted by Crippen LogP contribution is -2.12. The van der Waals surface area contributed by atoms with Crippen LogP contribution in [-0.2, 0) is 14.3 Å². The molecule has 0 fully saturated rings. The Kier molecular flexibility index (Phi) is 7.21. The van der Waals surface area contributed by atoms with E-state index in [1.165, 1.54) is 0 Å². The third-order valence-electron chi connectivity index (χ3n) is 1.62. The molecule has 3 heteroatoms. The van der Waals surface area contributed by atoms with Gasteiger partial charge in [0.15, 0.2) is 0 Å². The average molecular weight is 224 g/mol. The van der Waals surface area contributed by atoms with Crippen molar-refractivity contribution < 1.29 is 14.3 Å². The largest absolute Gasteiger partial charge is 0.458 e. The second-order valence-electron chi connectivity index (χ2n) is 3.93. The Bertz CT molecular complexity index is 296. The van der Waals surface area contributed by atoms with Crippen molar-refractivity contribution in [1.29, 1.82) is 0 Å². The molecule has 0 aromatic heterocycles. The van der Waals surface area contributed by atoms with Crippen molar-refractivity contribution in [2.24, 2.45) is 0 Å². The van der Waals surface area contributed by atoms with Gasteiger partial charge in [-0.3, -0.25) is 0 Å². The fraction of sp³-hybridized carbons (Fsp3) is 0.462. The lowest BCUT2D eigenvalue weighted by atomic mass is 10.3. The van der Waals surface area contributed by atoms with Crippen molar-refractivity contribution >= 4 is 5.97 Å². The standard InChI is InChI=1S/C13H20O3/c1-10(2)6-7-16-13(14)12(5)9-15-8-11(3)4/h6H,3,5,7-9H2,1-2,4H3. The van der Waals surface area contributed by atoms with Crippen LogP contribution in [0.25, 0.3) is 0 Å². The van der Waals surface area contributed by atoms with Crippen LogP contribution >= 0.6 is 0 Å². The molecule has 0 unspecified atom stereocenters. The summed E-state index contributed by atoms with van der Waals surface area (Å²) < 4.78 is 10.1. The smallest absolute Gasteiger partial charge is 0.336 e. The molecule has 0 aliphatic carbocycles. The molecule has 0 amide bonds. The number of ether oxygens (including phenoxy) is 2. The summed E-state index contributed by atoms with van der Waals surface area (Å²) in [5.74, 6) is -0.417. The lowest BCUT2D eigenvalue weighted by molar-refractivity contribution is -0.138. The molecule has 0 aromatic rings. The van der Waals surface area contributed by atoms with Crippen molar-refractivity contribution in [3.05, 3.63) is 36.0 Å². The Labute approximate surface area is 97.4 Å². The highest BCUT2D eigenvalue weighted by atomic mass is 16.5. The van der Waals surface area contributed by atoms with E-state index in [0.717, 1.165) is 11.1 Å². The van der Waals surface area contributed by atoms with Gasteiger partial charge in [0.05, 0.1) is 18.8 Å². The Morgan fingerprint density at radius 3 is 2.31 bits per heavy atom. The molecule has 3 nitrogen and oxygen atoms in total. The zero-order valence-corrected chi connectivity index (χ0v) is 10.3. The van der Waals surface area contributed by atoms with E-state index in [-0.39, 0.29) is 13.2 Å². The summed E-state index contributed by atoms with van der Waals surface area (Å²) in [7, 11) is 0. The number of carbonyl (C=O) groups is 1. The van der Waals surface area contributed by atoms with Gasteiger partial charge >= 0.3 is 5.97 Å². The maximum absolute atomic E-state index is 11.3. The summed E-state index contributed by atoms with van der Waals surface area (Å²) in [5, 5.41) is 0. The first-order valence-corrected chi connectivity index (χ1v) is 5.14. The molecule has 0 radical (unpaired) electrons. The molecule has 0 N–H and O–H groups in total. The van der Waals surface area contributed by atoms with E-state index in [1.807, 2.05) is 26.8 Å². The Morgan fingerprint density at radius 2 is 1.81 bits per heavy atom. The molecule has 0 rings (SSSR count). The number of esters is 1. The first-order chi connectivity index (χ1) is 7.43. The van der Waals surface area contributed by atoms with E-state index >= 15 is 0 Å². The monoisotopic (exact) mass is 224 g/mol. The van der Waals surface area contributed by atoms with Crippen molar-refractivity contribution in [2.45, 2.75) is 20.8 Å². The normalized spacial score (nSPS) is 9.44. The minimum absolute atomic E-state index is 0.181. The van der Waals surface area contributed by atoms with Crippen LogP contribution in [-0.4, -0.2) is 25.8 Å². The van der Waals surface area contributed by atoms with Gasteiger partial charge in [-0.05, 0) is 26.8 Å². The zero-order chi connectivity index (χ0) is 12.6. The molecule has 0 bridgehead atoms. The molecule has 0 aromatic carbocycles. The van der Waals surface area contributed by atoms with E-state index in [9.17, 15) is 4.79 Å². The second kappa shape index (κ2) is 7.88. The molecule has 0 spiro atoms. The van der Waals surface area contributed by atoms with Crippen LogP contribution in [0.15, 0.2) is 36.0 Å². The number of hydrogen-bond donors (Lipinski definition) is 0. The van der Waals surface area contributed by atoms with Crippen LogP contribution in [0.1, 0.15) is 20.8 Å². The summed E-state index contributed by atoms with van der Waals surface area (Å²) in [5.41, 5.74) is 2.34. The molecular formula is C13H20O3. The molecular weight excluding hydrogens is 204 g/mol. The van der Waals surface area contributed by atoms with Crippen LogP contribution in [0.3, 0.4) is 0 Å². The van der Waals surface area contributed by atoms with E-state index in [1.54, 1.807) is 0 Å². The topological polar surface area (TPSA) is 35.5 Å². The third kappa shape index (κ3) is 8.00. The second-order valence-corrected chi connectivity index (χ2v) is 3.93. The molecule has 0 aliphatic rings. The Morgan fingerprint density at radius 1 is 1.19 bits per heavy atom. The first kappa shape index (κ1) is 14.6. The van der Waals surface area contributed by atoms with Gasteiger partial charge in [0, 0.05) is 0 Å². The van der Waals surface area contributed by atoms with Crippen molar-refractivity contribution in [3.8, 4) is 0 Å². The maximum Gasteiger partial charge on any atom is 0.336 e. The quantitative estimate of drug-likeness (QED) is 0.379. The first-order valence-electron chi connectivity index (χ1n) is 5.14. The highest BCUT2D eigenvalue weighted by molar-refractivity contribution is 5.88.